The van der Waals surface area contributed by atoms with E-state index in [0.29, 0.717) is 5.76 Å². The second-order valence-electron chi connectivity index (χ2n) is 4.51. The summed E-state index contributed by atoms with van der Waals surface area (Å²) >= 11 is 1.98. The van der Waals surface area contributed by atoms with Gasteiger partial charge in [-0.3, -0.25) is 4.90 Å². The van der Waals surface area contributed by atoms with E-state index in [0.717, 1.165) is 31.1 Å². The summed E-state index contributed by atoms with van der Waals surface area (Å²) in [5, 5.41) is 0. The van der Waals surface area contributed by atoms with Crippen molar-refractivity contribution < 1.29 is 8.81 Å². The van der Waals surface area contributed by atoms with Crippen LogP contribution in [0.3, 0.4) is 0 Å². The maximum atomic E-state index is 12.9. The van der Waals surface area contributed by atoms with E-state index in [1.54, 1.807) is 18.3 Å². The SMILES string of the molecule is Fc1ccc(-c2cnc(CN3CCSCC3)o2)cc1. The van der Waals surface area contributed by atoms with Crippen LogP contribution in [0.2, 0.25) is 0 Å². The van der Waals surface area contributed by atoms with Crippen molar-refractivity contribution in [2.45, 2.75) is 6.54 Å². The normalized spacial score (nSPS) is 16.7. The fourth-order valence-corrected chi connectivity index (χ4v) is 3.06. The van der Waals surface area contributed by atoms with Crippen LogP contribution in [0.1, 0.15) is 5.89 Å². The molecule has 5 heteroatoms. The minimum atomic E-state index is -0.241. The quantitative estimate of drug-likeness (QED) is 0.863. The number of hydrogen-bond acceptors (Lipinski definition) is 4. The monoisotopic (exact) mass is 278 g/mol. The van der Waals surface area contributed by atoms with Gasteiger partial charge in [-0.1, -0.05) is 0 Å². The van der Waals surface area contributed by atoms with E-state index in [2.05, 4.69) is 9.88 Å². The molecule has 0 saturated carbocycles. The Morgan fingerprint density at radius 3 is 2.68 bits per heavy atom. The highest BCUT2D eigenvalue weighted by molar-refractivity contribution is 7.99. The minimum absolute atomic E-state index is 0.241. The van der Waals surface area contributed by atoms with Gasteiger partial charge in [0.25, 0.3) is 0 Å². The van der Waals surface area contributed by atoms with Crippen molar-refractivity contribution in [1.29, 1.82) is 0 Å². The van der Waals surface area contributed by atoms with Gasteiger partial charge in [0.2, 0.25) is 5.89 Å². The van der Waals surface area contributed by atoms with Gasteiger partial charge in [-0.25, -0.2) is 9.37 Å². The standard InChI is InChI=1S/C14H15FN2OS/c15-12-3-1-11(2-4-12)13-9-16-14(18-13)10-17-5-7-19-8-6-17/h1-4,9H,5-8,10H2. The van der Waals surface area contributed by atoms with E-state index >= 15 is 0 Å². The molecule has 0 unspecified atom stereocenters. The van der Waals surface area contributed by atoms with Gasteiger partial charge in [0.05, 0.1) is 12.7 Å². The first kappa shape index (κ1) is 12.7. The van der Waals surface area contributed by atoms with Crippen molar-refractivity contribution in [3.8, 4) is 11.3 Å². The molecular formula is C14H15FN2OS. The van der Waals surface area contributed by atoms with Crippen molar-refractivity contribution in [3.05, 3.63) is 42.2 Å². The van der Waals surface area contributed by atoms with Gasteiger partial charge in [-0.05, 0) is 24.3 Å². The third-order valence-electron chi connectivity index (χ3n) is 3.14. The highest BCUT2D eigenvalue weighted by Gasteiger charge is 2.14. The van der Waals surface area contributed by atoms with Crippen molar-refractivity contribution in [1.82, 2.24) is 9.88 Å². The summed E-state index contributed by atoms with van der Waals surface area (Å²) in [5.74, 6) is 3.53. The number of rotatable bonds is 3. The van der Waals surface area contributed by atoms with E-state index < -0.39 is 0 Å². The minimum Gasteiger partial charge on any atom is -0.439 e. The van der Waals surface area contributed by atoms with Gasteiger partial charge < -0.3 is 4.42 Å². The Hall–Kier alpha value is -1.33. The zero-order valence-electron chi connectivity index (χ0n) is 10.5. The van der Waals surface area contributed by atoms with Gasteiger partial charge in [0.1, 0.15) is 5.82 Å². The van der Waals surface area contributed by atoms with Crippen LogP contribution < -0.4 is 0 Å². The molecule has 0 spiro atoms. The molecule has 1 aliphatic rings. The lowest BCUT2D eigenvalue weighted by atomic mass is 10.2. The summed E-state index contributed by atoms with van der Waals surface area (Å²) in [6.07, 6.45) is 1.71. The van der Waals surface area contributed by atoms with Crippen LogP contribution in [0, 0.1) is 5.82 Å². The third-order valence-corrected chi connectivity index (χ3v) is 4.09. The van der Waals surface area contributed by atoms with Crippen molar-refractivity contribution in [2.75, 3.05) is 24.6 Å². The largest absolute Gasteiger partial charge is 0.439 e. The van der Waals surface area contributed by atoms with E-state index in [4.69, 9.17) is 4.42 Å². The molecule has 1 saturated heterocycles. The first-order valence-electron chi connectivity index (χ1n) is 6.32. The number of halogens is 1. The second kappa shape index (κ2) is 5.75. The van der Waals surface area contributed by atoms with Crippen LogP contribution in [0.4, 0.5) is 4.39 Å². The molecule has 2 aromatic rings. The van der Waals surface area contributed by atoms with Crippen LogP contribution in [0.25, 0.3) is 11.3 Å². The zero-order valence-corrected chi connectivity index (χ0v) is 11.3. The van der Waals surface area contributed by atoms with Crippen LogP contribution >= 0.6 is 11.8 Å². The Morgan fingerprint density at radius 2 is 1.95 bits per heavy atom. The fourth-order valence-electron chi connectivity index (χ4n) is 2.08. The van der Waals surface area contributed by atoms with E-state index in [1.165, 1.54) is 23.6 Å². The van der Waals surface area contributed by atoms with Crippen LogP contribution in [0.15, 0.2) is 34.9 Å². The molecule has 0 radical (unpaired) electrons. The summed E-state index contributed by atoms with van der Waals surface area (Å²) in [5.41, 5.74) is 0.856. The van der Waals surface area contributed by atoms with Gasteiger partial charge >= 0.3 is 0 Å². The average molecular weight is 278 g/mol. The van der Waals surface area contributed by atoms with Crippen LogP contribution in [-0.2, 0) is 6.54 Å². The molecular weight excluding hydrogens is 263 g/mol. The maximum Gasteiger partial charge on any atom is 0.209 e. The van der Waals surface area contributed by atoms with Gasteiger partial charge in [-0.2, -0.15) is 11.8 Å². The predicted octanol–water partition coefficient (Wildman–Crippen LogP) is 3.03. The molecule has 2 heterocycles. The van der Waals surface area contributed by atoms with Crippen molar-refractivity contribution >= 4 is 11.8 Å². The van der Waals surface area contributed by atoms with Crippen molar-refractivity contribution in [2.24, 2.45) is 0 Å². The molecule has 3 nitrogen and oxygen atoms in total. The number of thioether (sulfide) groups is 1. The topological polar surface area (TPSA) is 29.3 Å². The Bertz CT molecular complexity index is 535. The molecule has 100 valence electrons. The summed E-state index contributed by atoms with van der Waals surface area (Å²) in [6.45, 7) is 2.92. The Labute approximate surface area is 115 Å². The molecule has 0 amide bonds. The molecule has 1 aromatic carbocycles. The molecule has 3 rings (SSSR count). The highest BCUT2D eigenvalue weighted by Crippen LogP contribution is 2.21. The smallest absolute Gasteiger partial charge is 0.209 e. The molecule has 1 aromatic heterocycles. The molecule has 0 atom stereocenters. The molecule has 0 aliphatic carbocycles. The summed E-state index contributed by atoms with van der Waals surface area (Å²) in [7, 11) is 0. The van der Waals surface area contributed by atoms with Crippen molar-refractivity contribution in [3.63, 3.8) is 0 Å². The van der Waals surface area contributed by atoms with E-state index in [-0.39, 0.29) is 5.82 Å². The second-order valence-corrected chi connectivity index (χ2v) is 5.74. The number of nitrogens with zero attached hydrogens (tertiary/aromatic N) is 2. The number of benzene rings is 1. The van der Waals surface area contributed by atoms with E-state index in [9.17, 15) is 4.39 Å². The number of hydrogen-bond donors (Lipinski definition) is 0. The Kier molecular flexibility index (Phi) is 3.84. The average Bonchev–Trinajstić information content (AvgIpc) is 2.89. The lowest BCUT2D eigenvalue weighted by molar-refractivity contribution is 0.263. The molecule has 1 fully saturated rings. The molecule has 1 aliphatic heterocycles. The van der Waals surface area contributed by atoms with Gasteiger partial charge in [0, 0.05) is 30.2 Å². The Balaban J connectivity index is 1.70. The zero-order chi connectivity index (χ0) is 13.1. The first-order valence-corrected chi connectivity index (χ1v) is 7.47. The predicted molar refractivity (Wildman–Crippen MR) is 74.5 cm³/mol. The summed E-state index contributed by atoms with van der Waals surface area (Å²) in [4.78, 5) is 6.64. The number of oxazole rings is 1. The lowest BCUT2D eigenvalue weighted by Gasteiger charge is -2.24. The van der Waals surface area contributed by atoms with Gasteiger partial charge in [-0.15, -0.1) is 0 Å². The Morgan fingerprint density at radius 1 is 1.21 bits per heavy atom. The lowest BCUT2D eigenvalue weighted by Crippen LogP contribution is -2.32. The molecule has 19 heavy (non-hydrogen) atoms. The molecule has 0 bridgehead atoms. The van der Waals surface area contributed by atoms with Crippen LogP contribution in [-0.4, -0.2) is 34.5 Å². The first-order chi connectivity index (χ1) is 9.31. The van der Waals surface area contributed by atoms with Gasteiger partial charge in [0.15, 0.2) is 5.76 Å². The summed E-state index contributed by atoms with van der Waals surface area (Å²) in [6, 6.07) is 6.27. The summed E-state index contributed by atoms with van der Waals surface area (Å²) < 4.78 is 18.6. The highest BCUT2D eigenvalue weighted by atomic mass is 32.2. The van der Waals surface area contributed by atoms with Crippen LogP contribution in [0.5, 0.6) is 0 Å². The maximum absolute atomic E-state index is 12.9. The van der Waals surface area contributed by atoms with E-state index in [1.807, 2.05) is 11.8 Å². The fraction of sp³-hybridized carbons (Fsp3) is 0.357. The number of aromatic nitrogens is 1. The molecule has 0 N–H and O–H groups in total. The third kappa shape index (κ3) is 3.16.